The Hall–Kier alpha value is -0.525. The van der Waals surface area contributed by atoms with Gasteiger partial charge in [-0.15, -0.1) is 0 Å². The van der Waals surface area contributed by atoms with E-state index in [0.29, 0.717) is 16.5 Å². The monoisotopic (exact) mass is 298 g/mol. The summed E-state index contributed by atoms with van der Waals surface area (Å²) in [4.78, 5) is 13.5. The van der Waals surface area contributed by atoms with E-state index in [4.69, 9.17) is 17.5 Å². The van der Waals surface area contributed by atoms with Gasteiger partial charge in [-0.2, -0.15) is 0 Å². The Kier molecular flexibility index (Phi) is 7.49. The Morgan fingerprint density at radius 1 is 1.74 bits per heavy atom. The van der Waals surface area contributed by atoms with Gasteiger partial charge in [0.25, 0.3) is 0 Å². The number of amides is 1. The Bertz CT molecular complexity index is 377. The Balaban J connectivity index is 2.45. The molecule has 0 aromatic heterocycles. The van der Waals surface area contributed by atoms with Crippen LogP contribution >= 0.6 is 24.0 Å². The third-order valence-corrected chi connectivity index (χ3v) is 4.31. The van der Waals surface area contributed by atoms with Crippen molar-refractivity contribution < 1.29 is 9.90 Å². The Morgan fingerprint density at radius 2 is 2.47 bits per heavy atom. The molecule has 1 aliphatic heterocycles. The fraction of sp³-hybridized carbons (Fsp3) is 0.667. The zero-order valence-corrected chi connectivity index (χ0v) is 12.7. The molecule has 0 unspecified atom stereocenters. The fourth-order valence-electron chi connectivity index (χ4n) is 1.77. The number of carbonyl (C=O) groups excluding carboxylic acids is 1. The number of hydrogen-bond donors (Lipinski definition) is 2. The van der Waals surface area contributed by atoms with Crippen molar-refractivity contribution in [2.45, 2.75) is 44.7 Å². The maximum atomic E-state index is 12.1. The molecule has 7 heteroatoms. The van der Waals surface area contributed by atoms with E-state index < -0.39 is 6.10 Å². The number of hydrogen-bond acceptors (Lipinski definition) is 5. The second-order valence-electron chi connectivity index (χ2n) is 4.43. The first kappa shape index (κ1) is 16.5. The molecule has 0 aromatic rings. The maximum absolute atomic E-state index is 12.1. The molecule has 1 heterocycles. The van der Waals surface area contributed by atoms with E-state index in [-0.39, 0.29) is 18.3 Å². The van der Waals surface area contributed by atoms with E-state index in [1.54, 1.807) is 0 Å². The molecule has 2 N–H and O–H groups in total. The van der Waals surface area contributed by atoms with Gasteiger partial charge in [-0.05, 0) is 0 Å². The number of unbranched alkanes of at least 4 members (excludes halogenated alkanes) is 1. The van der Waals surface area contributed by atoms with Crippen LogP contribution in [0.15, 0.2) is 12.2 Å². The molecule has 0 spiro atoms. The van der Waals surface area contributed by atoms with Gasteiger partial charge in [0.15, 0.2) is 0 Å². The summed E-state index contributed by atoms with van der Waals surface area (Å²) in [7, 11) is 1.23. The molecule has 1 saturated heterocycles. The molecule has 0 saturated carbocycles. The summed E-state index contributed by atoms with van der Waals surface area (Å²) in [6.07, 6.45) is 5.85. The van der Waals surface area contributed by atoms with E-state index in [1.165, 1.54) is 23.7 Å². The summed E-state index contributed by atoms with van der Waals surface area (Å²) in [5.74, 6) is 0.188. The first-order chi connectivity index (χ1) is 9.10. The van der Waals surface area contributed by atoms with Crippen LogP contribution in [-0.2, 0) is 4.79 Å². The third kappa shape index (κ3) is 5.16. The molecule has 0 radical (unpaired) electrons. The number of thiocarbonyl (C=S) groups is 1. The summed E-state index contributed by atoms with van der Waals surface area (Å²) in [5.41, 5.74) is 0. The third-order valence-electron chi connectivity index (χ3n) is 2.81. The van der Waals surface area contributed by atoms with Gasteiger partial charge in [-0.3, -0.25) is 0 Å². The molecule has 0 bridgehead atoms. The SMILES string of the molecule is CCC/C=C\C[C@@H](O)CC(=O)N1C(=S)SC[C@H]1B=N. The predicted molar refractivity (Wildman–Crippen MR) is 83.5 cm³/mol. The molecular weight excluding hydrogens is 279 g/mol. The topological polar surface area (TPSA) is 64.4 Å². The van der Waals surface area contributed by atoms with Gasteiger partial charge in [-0.25, -0.2) is 0 Å². The number of aliphatic hydroxyl groups excluding tert-OH is 1. The summed E-state index contributed by atoms with van der Waals surface area (Å²) in [6.45, 7) is 2.09. The zero-order valence-electron chi connectivity index (χ0n) is 11.0. The van der Waals surface area contributed by atoms with E-state index >= 15 is 0 Å². The quantitative estimate of drug-likeness (QED) is 0.429. The molecule has 2 atom stereocenters. The van der Waals surface area contributed by atoms with Crippen LogP contribution in [0.4, 0.5) is 0 Å². The summed E-state index contributed by atoms with van der Waals surface area (Å²) >= 11 is 6.51. The van der Waals surface area contributed by atoms with E-state index in [2.05, 4.69) is 6.92 Å². The summed E-state index contributed by atoms with van der Waals surface area (Å²) in [5, 5.41) is 17.1. The van der Waals surface area contributed by atoms with Crippen molar-refractivity contribution in [3.63, 3.8) is 0 Å². The second kappa shape index (κ2) is 8.61. The molecular formula is C12H19BN2O2S2. The van der Waals surface area contributed by atoms with Gasteiger partial charge in [0.1, 0.15) is 0 Å². The molecule has 1 rings (SSSR count). The normalized spacial score (nSPS) is 20.8. The number of aliphatic hydroxyl groups is 1. The van der Waals surface area contributed by atoms with Gasteiger partial charge in [0.2, 0.25) is 0 Å². The number of carbonyl (C=O) groups is 1. The minimum absolute atomic E-state index is 0.0570. The van der Waals surface area contributed by atoms with Crippen molar-refractivity contribution in [1.29, 1.82) is 5.31 Å². The minimum atomic E-state index is -0.680. The number of rotatable bonds is 7. The molecule has 104 valence electrons. The molecule has 19 heavy (non-hydrogen) atoms. The zero-order chi connectivity index (χ0) is 14.3. The summed E-state index contributed by atoms with van der Waals surface area (Å²) < 4.78 is 0.507. The molecule has 1 amide bonds. The van der Waals surface area contributed by atoms with Crippen LogP contribution in [0.25, 0.3) is 0 Å². The van der Waals surface area contributed by atoms with Crippen molar-refractivity contribution >= 4 is 41.3 Å². The first-order valence-corrected chi connectivity index (χ1v) is 7.82. The van der Waals surface area contributed by atoms with Crippen LogP contribution in [0.2, 0.25) is 0 Å². The van der Waals surface area contributed by atoms with Gasteiger partial charge in [-0.1, -0.05) is 0 Å². The van der Waals surface area contributed by atoms with E-state index in [1.807, 2.05) is 12.2 Å². The van der Waals surface area contributed by atoms with Crippen LogP contribution in [0.1, 0.15) is 32.6 Å². The Morgan fingerprint density at radius 3 is 3.11 bits per heavy atom. The molecule has 4 nitrogen and oxygen atoms in total. The van der Waals surface area contributed by atoms with Gasteiger partial charge < -0.3 is 0 Å². The molecule has 1 fully saturated rings. The van der Waals surface area contributed by atoms with Crippen LogP contribution in [-0.4, -0.2) is 45.1 Å². The van der Waals surface area contributed by atoms with Gasteiger partial charge >= 0.3 is 124 Å². The molecule has 0 aromatic carbocycles. The second-order valence-corrected chi connectivity index (χ2v) is 6.08. The van der Waals surface area contributed by atoms with Crippen molar-refractivity contribution in [3.05, 3.63) is 12.2 Å². The predicted octanol–water partition coefficient (Wildman–Crippen LogP) is 2.14. The van der Waals surface area contributed by atoms with E-state index in [0.717, 1.165) is 12.8 Å². The van der Waals surface area contributed by atoms with Gasteiger partial charge in [0.05, 0.1) is 0 Å². The number of nitrogens with one attached hydrogen (secondary N) is 1. The average molecular weight is 298 g/mol. The van der Waals surface area contributed by atoms with Crippen LogP contribution in [0.5, 0.6) is 0 Å². The first-order valence-electron chi connectivity index (χ1n) is 6.42. The average Bonchev–Trinajstić information content (AvgIpc) is 2.75. The Labute approximate surface area is 124 Å². The number of nitrogens with zero attached hydrogens (tertiary/aromatic N) is 1. The molecule has 0 aliphatic carbocycles. The van der Waals surface area contributed by atoms with Gasteiger partial charge in [0, 0.05) is 0 Å². The standard InChI is InChI=1S/C12H19BN2O2S2/c1-2-3-4-5-6-9(16)7-11(17)15-10(13-14)8-19-12(15)18/h4-5,9-10,14,16H,2-3,6-8H2,1H3/b5-4-/t9-,10+/m1/s1. The van der Waals surface area contributed by atoms with Crippen molar-refractivity contribution in [1.82, 2.24) is 4.90 Å². The fourth-order valence-corrected chi connectivity index (χ4v) is 3.14. The number of allylic oxidation sites excluding steroid dienone is 1. The molecule has 1 aliphatic rings. The van der Waals surface area contributed by atoms with Crippen LogP contribution < -0.4 is 0 Å². The summed E-state index contributed by atoms with van der Waals surface area (Å²) in [6, 6.07) is 0. The van der Waals surface area contributed by atoms with Crippen molar-refractivity contribution in [2.75, 3.05) is 5.75 Å². The van der Waals surface area contributed by atoms with Crippen LogP contribution in [0.3, 0.4) is 0 Å². The van der Waals surface area contributed by atoms with Crippen molar-refractivity contribution in [2.24, 2.45) is 0 Å². The number of thioether (sulfide) groups is 1. The van der Waals surface area contributed by atoms with Crippen molar-refractivity contribution in [3.8, 4) is 0 Å². The van der Waals surface area contributed by atoms with Crippen LogP contribution in [0, 0.1) is 5.31 Å². The van der Waals surface area contributed by atoms with E-state index in [9.17, 15) is 9.90 Å².